The van der Waals surface area contributed by atoms with Crippen LogP contribution < -0.4 is 5.32 Å². The Balaban J connectivity index is 2.80. The van der Waals surface area contributed by atoms with Gasteiger partial charge >= 0.3 is 5.97 Å². The quantitative estimate of drug-likeness (QED) is 0.847. The summed E-state index contributed by atoms with van der Waals surface area (Å²) in [5, 5.41) is 11.9. The largest absolute Gasteiger partial charge is 0.480 e. The number of nitrogens with one attached hydrogen (secondary N) is 1. The third-order valence-electron chi connectivity index (χ3n) is 3.04. The van der Waals surface area contributed by atoms with Gasteiger partial charge in [0.25, 0.3) is 0 Å². The van der Waals surface area contributed by atoms with Crippen LogP contribution in [0.1, 0.15) is 44.4 Å². The van der Waals surface area contributed by atoms with Crippen molar-refractivity contribution in [3.05, 3.63) is 21.3 Å². The highest BCUT2D eigenvalue weighted by Gasteiger charge is 2.35. The van der Waals surface area contributed by atoms with Gasteiger partial charge in [-0.25, -0.2) is 4.79 Å². The predicted molar refractivity (Wildman–Crippen MR) is 76.8 cm³/mol. The summed E-state index contributed by atoms with van der Waals surface area (Å²) in [4.78, 5) is 24.2. The number of thiophene rings is 1. The first-order valence-electron chi connectivity index (χ1n) is 6.11. The molecule has 0 aliphatic carbocycles. The number of carbonyl (C=O) groups excluding carboxylic acids is 1. The molecule has 19 heavy (non-hydrogen) atoms. The second-order valence-electron chi connectivity index (χ2n) is 4.74. The normalized spacial score (nSPS) is 15.6. The topological polar surface area (TPSA) is 66.4 Å². The second-order valence-corrected chi connectivity index (χ2v) is 6.49. The lowest BCUT2D eigenvalue weighted by molar-refractivity contribution is -0.147. The molecule has 0 aliphatic heterocycles. The maximum atomic E-state index is 12.1. The van der Waals surface area contributed by atoms with Crippen LogP contribution >= 0.6 is 22.9 Å². The molecular weight excluding hydrogens is 286 g/mol. The van der Waals surface area contributed by atoms with Gasteiger partial charge in [0.1, 0.15) is 5.54 Å². The van der Waals surface area contributed by atoms with E-state index in [4.69, 9.17) is 11.6 Å². The van der Waals surface area contributed by atoms with Gasteiger partial charge in [0.2, 0.25) is 5.91 Å². The smallest absolute Gasteiger partial charge is 0.329 e. The van der Waals surface area contributed by atoms with Crippen molar-refractivity contribution in [2.24, 2.45) is 0 Å². The van der Waals surface area contributed by atoms with Gasteiger partial charge in [0.05, 0.1) is 10.3 Å². The third-order valence-corrected chi connectivity index (χ3v) is 4.45. The fourth-order valence-electron chi connectivity index (χ4n) is 1.79. The summed E-state index contributed by atoms with van der Waals surface area (Å²) in [5.74, 6) is -1.72. The minimum atomic E-state index is -1.22. The lowest BCUT2D eigenvalue weighted by atomic mass is 9.95. The van der Waals surface area contributed by atoms with E-state index in [2.05, 4.69) is 5.32 Å². The van der Waals surface area contributed by atoms with E-state index in [1.165, 1.54) is 18.3 Å². The van der Waals surface area contributed by atoms with Crippen molar-refractivity contribution in [2.75, 3.05) is 0 Å². The Morgan fingerprint density at radius 1 is 1.53 bits per heavy atom. The fraction of sp³-hybridized carbons (Fsp3) is 0.538. The lowest BCUT2D eigenvalue weighted by Crippen LogP contribution is -2.53. The molecule has 1 rings (SSSR count). The molecule has 0 saturated heterocycles. The van der Waals surface area contributed by atoms with Gasteiger partial charge < -0.3 is 10.4 Å². The first-order chi connectivity index (χ1) is 8.80. The van der Waals surface area contributed by atoms with Crippen LogP contribution in [-0.2, 0) is 9.59 Å². The first kappa shape index (κ1) is 16.0. The van der Waals surface area contributed by atoms with Crippen molar-refractivity contribution in [3.63, 3.8) is 0 Å². The van der Waals surface area contributed by atoms with Gasteiger partial charge in [-0.15, -0.1) is 11.3 Å². The Morgan fingerprint density at radius 3 is 2.58 bits per heavy atom. The van der Waals surface area contributed by atoms with Crippen LogP contribution in [0, 0.1) is 0 Å². The minimum absolute atomic E-state index is 0.295. The van der Waals surface area contributed by atoms with Gasteiger partial charge in [0.15, 0.2) is 0 Å². The third kappa shape index (κ3) is 3.94. The Kier molecular flexibility index (Phi) is 5.38. The number of carboxylic acids is 1. The van der Waals surface area contributed by atoms with E-state index >= 15 is 0 Å². The zero-order chi connectivity index (χ0) is 14.6. The monoisotopic (exact) mass is 303 g/mol. The maximum Gasteiger partial charge on any atom is 0.329 e. The highest BCUT2D eigenvalue weighted by molar-refractivity contribution is 7.16. The predicted octanol–water partition coefficient (Wildman–Crippen LogP) is 3.26. The fourth-order valence-corrected chi connectivity index (χ4v) is 2.90. The number of carbonyl (C=O) groups is 2. The SMILES string of the molecule is CCCC(C)(NC(=O)C(C)c1ccc(Cl)s1)C(=O)O. The Bertz CT molecular complexity index is 474. The number of hydrogen-bond acceptors (Lipinski definition) is 3. The van der Waals surface area contributed by atoms with Crippen LogP contribution in [0.25, 0.3) is 0 Å². The maximum absolute atomic E-state index is 12.1. The van der Waals surface area contributed by atoms with Crippen molar-refractivity contribution in [3.8, 4) is 0 Å². The summed E-state index contributed by atoms with van der Waals surface area (Å²) in [6, 6.07) is 3.52. The summed E-state index contributed by atoms with van der Waals surface area (Å²) < 4.78 is 0.615. The molecule has 0 fully saturated rings. The van der Waals surface area contributed by atoms with Crippen molar-refractivity contribution < 1.29 is 14.7 Å². The molecule has 0 spiro atoms. The van der Waals surface area contributed by atoms with Crippen LogP contribution in [-0.4, -0.2) is 22.5 Å². The van der Waals surface area contributed by atoms with E-state index in [9.17, 15) is 14.7 Å². The standard InChI is InChI=1S/C13H18ClNO3S/c1-4-7-13(3,12(17)18)15-11(16)8(2)9-5-6-10(14)19-9/h5-6,8H,4,7H2,1-3H3,(H,15,16)(H,17,18). The molecule has 0 aromatic carbocycles. The van der Waals surface area contributed by atoms with E-state index in [0.29, 0.717) is 17.2 Å². The lowest BCUT2D eigenvalue weighted by Gasteiger charge is -2.27. The number of amides is 1. The van der Waals surface area contributed by atoms with Crippen molar-refractivity contribution in [1.82, 2.24) is 5.32 Å². The number of carboxylic acid groups (broad SMARTS) is 1. The average molecular weight is 304 g/mol. The van der Waals surface area contributed by atoms with Gasteiger partial charge in [-0.3, -0.25) is 4.79 Å². The molecule has 1 aromatic rings. The molecule has 0 saturated carbocycles. The van der Waals surface area contributed by atoms with Crippen molar-refractivity contribution in [2.45, 2.75) is 45.1 Å². The molecule has 1 aromatic heterocycles. The van der Waals surface area contributed by atoms with Crippen molar-refractivity contribution >= 4 is 34.8 Å². The molecule has 0 radical (unpaired) electrons. The molecule has 2 atom stereocenters. The van der Waals surface area contributed by atoms with Crippen LogP contribution in [0.4, 0.5) is 0 Å². The van der Waals surface area contributed by atoms with E-state index in [1.807, 2.05) is 6.92 Å². The first-order valence-corrected chi connectivity index (χ1v) is 7.30. The highest BCUT2D eigenvalue weighted by Crippen LogP contribution is 2.28. The van der Waals surface area contributed by atoms with Crippen LogP contribution in [0.15, 0.2) is 12.1 Å². The molecule has 6 heteroatoms. The van der Waals surface area contributed by atoms with Gasteiger partial charge in [-0.1, -0.05) is 24.9 Å². The Labute approximate surface area is 121 Å². The summed E-state index contributed by atoms with van der Waals surface area (Å²) in [6.45, 7) is 5.16. The van der Waals surface area contributed by atoms with Crippen LogP contribution in [0.2, 0.25) is 4.34 Å². The molecule has 4 nitrogen and oxygen atoms in total. The van der Waals surface area contributed by atoms with E-state index < -0.39 is 17.4 Å². The van der Waals surface area contributed by atoms with Gasteiger partial charge in [-0.2, -0.15) is 0 Å². The van der Waals surface area contributed by atoms with Crippen LogP contribution in [0.5, 0.6) is 0 Å². The van der Waals surface area contributed by atoms with Gasteiger partial charge in [-0.05, 0) is 32.4 Å². The zero-order valence-corrected chi connectivity index (χ0v) is 12.8. The molecule has 0 bridgehead atoms. The van der Waals surface area contributed by atoms with Gasteiger partial charge in [0, 0.05) is 4.88 Å². The van der Waals surface area contributed by atoms with E-state index in [0.717, 1.165) is 4.88 Å². The average Bonchev–Trinajstić information content (AvgIpc) is 2.74. The van der Waals surface area contributed by atoms with Crippen molar-refractivity contribution in [1.29, 1.82) is 0 Å². The Hall–Kier alpha value is -1.07. The molecule has 106 valence electrons. The zero-order valence-electron chi connectivity index (χ0n) is 11.2. The summed E-state index contributed by atoms with van der Waals surface area (Å²) >= 11 is 7.16. The molecule has 2 unspecified atom stereocenters. The number of aliphatic carboxylic acids is 1. The Morgan fingerprint density at radius 2 is 2.16 bits per heavy atom. The minimum Gasteiger partial charge on any atom is -0.480 e. The van der Waals surface area contributed by atoms with Crippen LogP contribution in [0.3, 0.4) is 0 Å². The molecule has 1 heterocycles. The highest BCUT2D eigenvalue weighted by atomic mass is 35.5. The van der Waals surface area contributed by atoms with E-state index in [1.54, 1.807) is 19.1 Å². The second kappa shape index (κ2) is 6.39. The molecule has 0 aliphatic rings. The number of hydrogen-bond donors (Lipinski definition) is 2. The summed E-state index contributed by atoms with van der Waals surface area (Å²) in [7, 11) is 0. The molecule has 2 N–H and O–H groups in total. The molecule has 1 amide bonds. The number of halogens is 1. The number of rotatable bonds is 6. The molecular formula is C13H18ClNO3S. The summed E-state index contributed by atoms with van der Waals surface area (Å²) in [6.07, 6.45) is 1.08. The summed E-state index contributed by atoms with van der Waals surface area (Å²) in [5.41, 5.74) is -1.22. The van der Waals surface area contributed by atoms with E-state index in [-0.39, 0.29) is 5.91 Å².